The monoisotopic (exact) mass is 1330 g/mol. The summed E-state index contributed by atoms with van der Waals surface area (Å²) in [6.45, 7) is 0. The third kappa shape index (κ3) is 16.6. The number of aromatic amines is 2. The highest BCUT2D eigenvalue weighted by molar-refractivity contribution is 7.10. The third-order valence-electron chi connectivity index (χ3n) is 15.1. The summed E-state index contributed by atoms with van der Waals surface area (Å²) < 4.78 is 110. The molecule has 0 atom stereocenters. The highest BCUT2D eigenvalue weighted by atomic mass is 32.1. The second-order valence-corrected chi connectivity index (χ2v) is 23.1. The fourth-order valence-corrected chi connectivity index (χ4v) is 10.6. The number of nitrogens with zero attached hydrogens (tertiary/aromatic N) is 7. The summed E-state index contributed by atoms with van der Waals surface area (Å²) in [4.78, 5) is 35.1. The number of H-pyrrole nitrogens is 2. The van der Waals surface area contributed by atoms with Gasteiger partial charge in [0.05, 0.1) is 73.2 Å². The molecule has 5 heterocycles. The van der Waals surface area contributed by atoms with Crippen LogP contribution in [0.1, 0.15) is 62.7 Å². The minimum Gasteiger partial charge on any atom is -0.396 e. The number of carbonyl (C=O) groups is 2. The fourth-order valence-electron chi connectivity index (χ4n) is 9.91. The Bertz CT molecular complexity index is 5180. The second kappa shape index (κ2) is 29.4. The number of nitrogens with one attached hydrogen (secondary N) is 4. The van der Waals surface area contributed by atoms with E-state index in [-0.39, 0.29) is 64.5 Å². The van der Waals surface area contributed by atoms with Gasteiger partial charge in [-0.3, -0.25) is 39.3 Å². The van der Waals surface area contributed by atoms with Gasteiger partial charge in [0.15, 0.2) is 0 Å². The summed E-state index contributed by atoms with van der Waals surface area (Å²) in [5.74, 6) is -4.05. The van der Waals surface area contributed by atoms with E-state index in [1.165, 1.54) is 88.8 Å². The lowest BCUT2D eigenvalue weighted by atomic mass is 10.1. The van der Waals surface area contributed by atoms with Gasteiger partial charge in [-0.25, -0.2) is 30.7 Å². The number of nitrogen functional groups attached to an aromatic ring is 1. The van der Waals surface area contributed by atoms with Crippen LogP contribution < -0.4 is 16.4 Å². The van der Waals surface area contributed by atoms with Crippen molar-refractivity contribution in [2.75, 3.05) is 16.4 Å². The zero-order valence-electron chi connectivity index (χ0n) is 51.2. The molecule has 5 aromatic heterocycles. The Morgan fingerprint density at radius 3 is 1.36 bits per heavy atom. The van der Waals surface area contributed by atoms with Crippen molar-refractivity contribution in [3.8, 4) is 0 Å². The number of nitro benzene ring substituents is 1. The predicted molar refractivity (Wildman–Crippen MR) is 364 cm³/mol. The van der Waals surface area contributed by atoms with E-state index >= 15 is 0 Å². The van der Waals surface area contributed by atoms with Gasteiger partial charge < -0.3 is 16.4 Å². The van der Waals surface area contributed by atoms with Crippen molar-refractivity contribution >= 4 is 138 Å². The van der Waals surface area contributed by atoms with Crippen LogP contribution in [0.2, 0.25) is 0 Å². The molecular weight excluding hydrogens is 1280 g/mol. The number of benzene rings is 8. The van der Waals surface area contributed by atoms with Gasteiger partial charge >= 0.3 is 5.69 Å². The molecule has 0 bridgehead atoms. The Morgan fingerprint density at radius 2 is 0.948 bits per heavy atom. The minimum absolute atomic E-state index is 0.00251. The van der Waals surface area contributed by atoms with E-state index < -0.39 is 33.9 Å². The maximum atomic E-state index is 14.3. The van der Waals surface area contributed by atoms with E-state index in [9.17, 15) is 54.8 Å². The molecule has 0 spiro atoms. The summed E-state index contributed by atoms with van der Waals surface area (Å²) in [6.07, 6.45) is 16.0. The summed E-state index contributed by atoms with van der Waals surface area (Å²) in [5, 5.41) is 43.1. The Morgan fingerprint density at radius 1 is 0.536 bits per heavy atom. The van der Waals surface area contributed by atoms with Gasteiger partial charge in [0.25, 0.3) is 0 Å². The first-order valence-corrected chi connectivity index (χ1v) is 30.5. The second-order valence-electron chi connectivity index (χ2n) is 22.1. The van der Waals surface area contributed by atoms with Crippen LogP contribution in [-0.2, 0) is 30.1 Å². The lowest BCUT2D eigenvalue weighted by Crippen LogP contribution is -2.14. The Balaban J connectivity index is 0.000000132. The number of nitrogens with two attached hydrogens (primary N) is 1. The fraction of sp³-hybridized carbons (Fsp3) is 0.0833. The van der Waals surface area contributed by atoms with Gasteiger partial charge in [0, 0.05) is 76.8 Å². The number of aryl methyl sites for hydroxylation is 2. The molecule has 2 amide bonds. The van der Waals surface area contributed by atoms with Crippen LogP contribution in [0.25, 0.3) is 92.2 Å². The van der Waals surface area contributed by atoms with Crippen molar-refractivity contribution in [3.05, 3.63) is 270 Å². The highest BCUT2D eigenvalue weighted by Crippen LogP contribution is 2.33. The lowest BCUT2D eigenvalue weighted by Gasteiger charge is -2.06. The maximum absolute atomic E-state index is 14.3. The van der Waals surface area contributed by atoms with E-state index in [2.05, 4.69) is 41.2 Å². The molecule has 1 saturated carbocycles. The minimum atomic E-state index is -0.903. The molecule has 0 unspecified atom stereocenters. The zero-order valence-corrected chi connectivity index (χ0v) is 52.0. The molecule has 0 aliphatic heterocycles. The van der Waals surface area contributed by atoms with Crippen LogP contribution in [0, 0.1) is 62.6 Å². The number of rotatable bonds is 14. The largest absolute Gasteiger partial charge is 0.396 e. The Labute approximate surface area is 550 Å². The normalized spacial score (nSPS) is 12.2. The first-order valence-electron chi connectivity index (χ1n) is 29.6. The number of anilines is 3. The Kier molecular flexibility index (Phi) is 20.1. The third-order valence-corrected chi connectivity index (χ3v) is 16.0. The van der Waals surface area contributed by atoms with Crippen LogP contribution in [0.3, 0.4) is 0 Å². The molecule has 1 aliphatic rings. The molecule has 6 N–H and O–H groups in total. The summed E-state index contributed by atoms with van der Waals surface area (Å²) in [7, 11) is 3.37. The molecule has 14 rings (SSSR count). The number of nitro groups is 1. The smallest absolute Gasteiger partial charge is 0.305 e. The van der Waals surface area contributed by atoms with Crippen molar-refractivity contribution < 1.29 is 49.6 Å². The first-order chi connectivity index (χ1) is 46.7. The first kappa shape index (κ1) is 66.3. The van der Waals surface area contributed by atoms with Gasteiger partial charge in [-0.1, -0.05) is 78.9 Å². The number of hydrogen-bond acceptors (Lipinski definition) is 10. The molecule has 25 heteroatoms. The number of carbonyl (C=O) groups excluding carboxylic acids is 2. The number of hydrogen-bond donors (Lipinski definition) is 5. The molecule has 13 aromatic rings. The van der Waals surface area contributed by atoms with Crippen molar-refractivity contribution in [2.24, 2.45) is 20.0 Å². The molecule has 1 aliphatic carbocycles. The summed E-state index contributed by atoms with van der Waals surface area (Å²) in [5.41, 5.74) is 13.1. The SMILES string of the molecule is Cn1nc(/C=C/c2ccc(F)cc2)c2cc(N)c(F)cc21.Cn1nc(/C=C/c2ccc(F)cc2)c2cc([N+](=O)[O-])c(F)cc21.O=C(Cc1cccs1)Nc1cc2c(/C=C/c3ccc(F)cc3)n[nH]c2cc1F.O=C(Nc1cc2c(/C=C/c3ccc(F)cc3)n[nH]c2cc1F)C1CC1. The highest BCUT2D eigenvalue weighted by Gasteiger charge is 2.30. The van der Waals surface area contributed by atoms with Gasteiger partial charge in [-0.2, -0.15) is 24.8 Å². The Hall–Kier alpha value is -12.1. The van der Waals surface area contributed by atoms with Crippen LogP contribution in [0.15, 0.2) is 163 Å². The van der Waals surface area contributed by atoms with Crippen molar-refractivity contribution in [1.82, 2.24) is 40.0 Å². The van der Waals surface area contributed by atoms with E-state index in [0.717, 1.165) is 51.4 Å². The van der Waals surface area contributed by atoms with Crippen LogP contribution in [-0.4, -0.2) is 56.7 Å². The molecule has 8 aromatic carbocycles. The average molecular weight is 1340 g/mol. The maximum Gasteiger partial charge on any atom is 0.305 e. The van der Waals surface area contributed by atoms with E-state index in [1.807, 2.05) is 23.6 Å². The summed E-state index contributed by atoms with van der Waals surface area (Å²) >= 11 is 1.48. The van der Waals surface area contributed by atoms with E-state index in [1.54, 1.807) is 128 Å². The number of halogens is 8. The molecule has 0 saturated heterocycles. The van der Waals surface area contributed by atoms with Crippen molar-refractivity contribution in [2.45, 2.75) is 19.3 Å². The number of aromatic nitrogens is 8. The lowest BCUT2D eigenvalue weighted by molar-refractivity contribution is -0.387. The van der Waals surface area contributed by atoms with Crippen molar-refractivity contribution in [3.63, 3.8) is 0 Å². The standard InChI is InChI=1S/C21H15F2N3OS.C19H15F2N3O.C16H11F2N3O2.C16H13F2N3/c22-14-6-3-13(4-7-14)5-8-18-16-11-20(17(23)12-19(16)26-25-18)24-21(27)10-15-2-1-9-28-15;20-13-6-1-11(2-7-13)3-8-16-14-9-18(22-19(25)12-4-5-12)15(21)10-17(14)24-23-16;1-20-15-9-13(18)16(21(22)23)8-12(15)14(19-20)7-4-10-2-5-11(17)6-3-10;1-21-16-9-13(18)14(19)8-12(16)15(20-21)7-4-10-2-5-11(17)6-3-10/h1-9,11-12H,10H2,(H,24,27)(H,25,26);1-3,6-10,12H,4-5H2,(H,22,25)(H,23,24);2-9H,1H3;2-9H,19H2,1H3/b8-5+;8-3+;2*7-4+. The van der Waals surface area contributed by atoms with Crippen LogP contribution in [0.5, 0.6) is 0 Å². The van der Waals surface area contributed by atoms with Crippen molar-refractivity contribution in [1.29, 1.82) is 0 Å². The van der Waals surface area contributed by atoms with E-state index in [4.69, 9.17) is 5.73 Å². The molecule has 488 valence electrons. The topological polar surface area (TPSA) is 220 Å². The summed E-state index contributed by atoms with van der Waals surface area (Å²) in [6, 6.07) is 38.8. The van der Waals surface area contributed by atoms with Gasteiger partial charge in [-0.05, 0) is 138 Å². The number of thiophene rings is 1. The van der Waals surface area contributed by atoms with E-state index in [0.29, 0.717) is 61.0 Å². The number of amides is 2. The van der Waals surface area contributed by atoms with Gasteiger partial charge in [0.2, 0.25) is 17.6 Å². The molecular formula is C72H54F8N12O4S. The quantitative estimate of drug-likeness (QED) is 0.0302. The van der Waals surface area contributed by atoms with Crippen LogP contribution >= 0.6 is 11.3 Å². The molecule has 1 fully saturated rings. The van der Waals surface area contributed by atoms with Gasteiger partial charge in [-0.15, -0.1) is 11.3 Å². The molecule has 16 nitrogen and oxygen atoms in total. The predicted octanol–water partition coefficient (Wildman–Crippen LogP) is 17.1. The molecule has 97 heavy (non-hydrogen) atoms. The van der Waals surface area contributed by atoms with Crippen LogP contribution in [0.4, 0.5) is 57.9 Å². The average Bonchev–Trinajstić information content (AvgIpc) is 1.67. The zero-order chi connectivity index (χ0) is 68.4. The molecule has 0 radical (unpaired) electrons. The number of fused-ring (bicyclic) bond motifs is 4. The van der Waals surface area contributed by atoms with Gasteiger partial charge in [0.1, 0.15) is 40.7 Å².